The van der Waals surface area contributed by atoms with Gasteiger partial charge in [0.2, 0.25) is 6.79 Å². The quantitative estimate of drug-likeness (QED) is 0.244. The van der Waals surface area contributed by atoms with E-state index in [1.807, 2.05) is 42.6 Å². The zero-order chi connectivity index (χ0) is 26.2. The Morgan fingerprint density at radius 3 is 2.66 bits per heavy atom. The molecule has 6 rings (SSSR count). The average Bonchev–Trinajstić information content (AvgIpc) is 3.63. The molecule has 9 heteroatoms. The predicted molar refractivity (Wildman–Crippen MR) is 150 cm³/mol. The summed E-state index contributed by atoms with van der Waals surface area (Å²) in [5, 5.41) is 3.51. The minimum atomic E-state index is 0.258. The highest BCUT2D eigenvalue weighted by Crippen LogP contribution is 2.42. The van der Waals surface area contributed by atoms with E-state index in [9.17, 15) is 0 Å². The number of aromatic nitrogens is 2. The van der Waals surface area contributed by atoms with Crippen molar-refractivity contribution in [2.45, 2.75) is 20.3 Å². The van der Waals surface area contributed by atoms with E-state index < -0.39 is 0 Å². The second kappa shape index (κ2) is 10.2. The first-order chi connectivity index (χ1) is 18.5. The van der Waals surface area contributed by atoms with Gasteiger partial charge < -0.3 is 28.8 Å². The summed E-state index contributed by atoms with van der Waals surface area (Å²) in [7, 11) is 1.66. The van der Waals surface area contributed by atoms with Crippen LogP contribution in [0.3, 0.4) is 0 Å². The van der Waals surface area contributed by atoms with E-state index in [1.54, 1.807) is 7.11 Å². The summed E-state index contributed by atoms with van der Waals surface area (Å²) in [5.41, 5.74) is 8.99. The average molecular weight is 575 g/mol. The third kappa shape index (κ3) is 4.52. The lowest BCUT2D eigenvalue weighted by atomic mass is 10.1. The van der Waals surface area contributed by atoms with E-state index in [2.05, 4.69) is 56.8 Å². The van der Waals surface area contributed by atoms with Crippen molar-refractivity contribution in [3.8, 4) is 22.9 Å². The van der Waals surface area contributed by atoms with Crippen LogP contribution in [0.1, 0.15) is 22.6 Å². The number of pyridine rings is 1. The first-order valence-corrected chi connectivity index (χ1v) is 13.1. The van der Waals surface area contributed by atoms with Crippen molar-refractivity contribution in [3.05, 3.63) is 81.8 Å². The largest absolute Gasteiger partial charge is 0.491 e. The Bertz CT molecular complexity index is 1550. The Balaban J connectivity index is 1.29. The van der Waals surface area contributed by atoms with Crippen molar-refractivity contribution >= 4 is 38.7 Å². The van der Waals surface area contributed by atoms with E-state index in [1.165, 1.54) is 0 Å². The number of fused-ring (bicyclic) bond motifs is 2. The number of rotatable bonds is 8. The van der Waals surface area contributed by atoms with Gasteiger partial charge in [0, 0.05) is 54.1 Å². The van der Waals surface area contributed by atoms with Crippen LogP contribution in [0.5, 0.6) is 17.2 Å². The smallest absolute Gasteiger partial charge is 0.231 e. The summed E-state index contributed by atoms with van der Waals surface area (Å²) >= 11 is 3.67. The van der Waals surface area contributed by atoms with Gasteiger partial charge in [-0.05, 0) is 72.2 Å². The number of methoxy groups -OCH3 is 1. The number of nitrogens with zero attached hydrogens (tertiary/aromatic N) is 3. The maximum absolute atomic E-state index is 5.68. The first-order valence-electron chi connectivity index (χ1n) is 12.3. The van der Waals surface area contributed by atoms with Crippen molar-refractivity contribution in [1.82, 2.24) is 9.55 Å². The Morgan fingerprint density at radius 1 is 1.03 bits per heavy atom. The van der Waals surface area contributed by atoms with Crippen LogP contribution < -0.4 is 19.5 Å². The molecule has 1 N–H and O–H groups in total. The van der Waals surface area contributed by atoms with Crippen LogP contribution in [-0.2, 0) is 11.2 Å². The molecule has 0 unspecified atom stereocenters. The number of anilines is 2. The van der Waals surface area contributed by atoms with E-state index in [4.69, 9.17) is 23.9 Å². The molecule has 0 fully saturated rings. The Morgan fingerprint density at radius 2 is 1.84 bits per heavy atom. The molecule has 0 aliphatic carbocycles. The van der Waals surface area contributed by atoms with Gasteiger partial charge >= 0.3 is 0 Å². The molecule has 2 aliphatic rings. The molecule has 4 heterocycles. The highest BCUT2D eigenvalue weighted by Gasteiger charge is 2.26. The van der Waals surface area contributed by atoms with Crippen LogP contribution in [0.25, 0.3) is 5.69 Å². The van der Waals surface area contributed by atoms with Gasteiger partial charge in [0.15, 0.2) is 11.5 Å². The Kier molecular flexibility index (Phi) is 6.55. The van der Waals surface area contributed by atoms with Crippen molar-refractivity contribution < 1.29 is 18.9 Å². The fourth-order valence-corrected chi connectivity index (χ4v) is 5.26. The molecule has 0 saturated heterocycles. The van der Waals surface area contributed by atoms with Crippen molar-refractivity contribution in [2.75, 3.05) is 32.4 Å². The molecule has 0 atom stereocenters. The van der Waals surface area contributed by atoms with Crippen LogP contribution in [0.15, 0.2) is 64.2 Å². The number of hydrogen-bond acceptors (Lipinski definition) is 7. The van der Waals surface area contributed by atoms with Crippen LogP contribution >= 0.6 is 15.9 Å². The van der Waals surface area contributed by atoms with Gasteiger partial charge in [-0.3, -0.25) is 4.98 Å². The zero-order valence-electron chi connectivity index (χ0n) is 21.4. The number of aryl methyl sites for hydroxylation is 1. The third-order valence-corrected chi connectivity index (χ3v) is 7.30. The lowest BCUT2D eigenvalue weighted by molar-refractivity contribution is 0.146. The van der Waals surface area contributed by atoms with Crippen LogP contribution in [-0.4, -0.2) is 42.4 Å². The monoisotopic (exact) mass is 574 g/mol. The van der Waals surface area contributed by atoms with Crippen molar-refractivity contribution in [2.24, 2.45) is 4.99 Å². The summed E-state index contributed by atoms with van der Waals surface area (Å²) in [4.78, 5) is 9.76. The number of nitrogens with one attached hydrogen (secondary N) is 1. The number of benzene rings is 2. The van der Waals surface area contributed by atoms with Crippen molar-refractivity contribution in [3.63, 3.8) is 0 Å². The Hall–Kier alpha value is -3.82. The predicted octanol–water partition coefficient (Wildman–Crippen LogP) is 6.43. The SMILES string of the molecule is COCCOc1ccc(Nc2c(Br)cnc3c2N=C(c2cc(C)n(-c4ccc5c(c4)OCO5)c2C)C3)cc1. The summed E-state index contributed by atoms with van der Waals surface area (Å²) in [6, 6.07) is 16.1. The van der Waals surface area contributed by atoms with E-state index in [-0.39, 0.29) is 6.79 Å². The second-order valence-corrected chi connectivity index (χ2v) is 10.0. The second-order valence-electron chi connectivity index (χ2n) is 9.16. The maximum atomic E-state index is 5.68. The molecule has 2 aromatic carbocycles. The highest BCUT2D eigenvalue weighted by molar-refractivity contribution is 9.10. The number of halogens is 1. The van der Waals surface area contributed by atoms with Crippen LogP contribution in [0.2, 0.25) is 0 Å². The lowest BCUT2D eigenvalue weighted by Crippen LogP contribution is -2.05. The van der Waals surface area contributed by atoms with Gasteiger partial charge in [-0.1, -0.05) is 0 Å². The summed E-state index contributed by atoms with van der Waals surface area (Å²) in [6.07, 6.45) is 2.49. The van der Waals surface area contributed by atoms with E-state index in [0.717, 1.165) is 72.8 Å². The minimum absolute atomic E-state index is 0.258. The molecule has 0 saturated carbocycles. The van der Waals surface area contributed by atoms with Crippen LogP contribution in [0, 0.1) is 13.8 Å². The molecule has 0 spiro atoms. The molecular formula is C29H27BrN4O4. The molecule has 38 heavy (non-hydrogen) atoms. The number of ether oxygens (including phenoxy) is 4. The normalized spacial score (nSPS) is 13.4. The molecule has 194 valence electrons. The molecule has 2 aromatic heterocycles. The lowest BCUT2D eigenvalue weighted by Gasteiger charge is -2.12. The standard InChI is InChI=1S/C29H27BrN4O4/c1-17-12-22(18(2)34(17)20-6-9-26-27(13-20)38-16-37-26)24-14-25-29(33-24)28(23(30)15-31-25)32-19-4-7-21(8-5-19)36-11-10-35-3/h4-9,12-13,15H,10-11,14,16H2,1-3H3,(H,31,32). The fraction of sp³-hybridized carbons (Fsp3) is 0.241. The molecule has 4 aromatic rings. The van der Waals surface area contributed by atoms with Gasteiger partial charge in [-0.15, -0.1) is 0 Å². The fourth-order valence-electron chi connectivity index (χ4n) is 4.87. The van der Waals surface area contributed by atoms with Gasteiger partial charge in [-0.2, -0.15) is 0 Å². The van der Waals surface area contributed by atoms with E-state index in [0.29, 0.717) is 19.6 Å². The number of hydrogen-bond donors (Lipinski definition) is 1. The topological polar surface area (TPSA) is 79.1 Å². The van der Waals surface area contributed by atoms with Gasteiger partial charge in [0.1, 0.15) is 18.0 Å². The maximum Gasteiger partial charge on any atom is 0.231 e. The molecule has 0 bridgehead atoms. The zero-order valence-corrected chi connectivity index (χ0v) is 23.0. The summed E-state index contributed by atoms with van der Waals surface area (Å²) in [5.74, 6) is 2.34. The van der Waals surface area contributed by atoms with Crippen LogP contribution in [0.4, 0.5) is 17.1 Å². The number of aliphatic imine (C=N–C) groups is 1. The van der Waals surface area contributed by atoms with E-state index >= 15 is 0 Å². The summed E-state index contributed by atoms with van der Waals surface area (Å²) < 4.78 is 24.9. The highest BCUT2D eigenvalue weighted by atomic mass is 79.9. The van der Waals surface area contributed by atoms with Gasteiger partial charge in [-0.25, -0.2) is 4.99 Å². The molecule has 0 amide bonds. The van der Waals surface area contributed by atoms with Crippen molar-refractivity contribution in [1.29, 1.82) is 0 Å². The van der Waals surface area contributed by atoms with Gasteiger partial charge in [0.25, 0.3) is 0 Å². The first kappa shape index (κ1) is 24.5. The van der Waals surface area contributed by atoms with Gasteiger partial charge in [0.05, 0.1) is 28.2 Å². The molecule has 2 aliphatic heterocycles. The molecule has 8 nitrogen and oxygen atoms in total. The minimum Gasteiger partial charge on any atom is -0.491 e. The third-order valence-electron chi connectivity index (χ3n) is 6.70. The Labute approximate surface area is 229 Å². The summed E-state index contributed by atoms with van der Waals surface area (Å²) in [6.45, 7) is 5.55. The molecular weight excluding hydrogens is 548 g/mol. The molecule has 0 radical (unpaired) electrons.